The number of aryl methyl sites for hydroxylation is 1. The Morgan fingerprint density at radius 2 is 2.19 bits per heavy atom. The Hall–Kier alpha value is -1.12. The summed E-state index contributed by atoms with van der Waals surface area (Å²) in [6.07, 6.45) is 0.457. The zero-order valence-corrected chi connectivity index (χ0v) is 10.4. The molecule has 2 aromatic rings. The molecule has 1 aromatic heterocycles. The molecule has 0 N–H and O–H groups in total. The molecule has 0 spiro atoms. The van der Waals surface area contributed by atoms with Crippen LogP contribution in [0.15, 0.2) is 35.7 Å². The maximum Gasteiger partial charge on any atom is 0.168 e. The average Bonchev–Trinajstić information content (AvgIpc) is 2.74. The molecule has 82 valence electrons. The van der Waals surface area contributed by atoms with Crippen LogP contribution in [-0.2, 0) is 6.42 Å². The van der Waals surface area contributed by atoms with Crippen molar-refractivity contribution in [1.82, 2.24) is 0 Å². The first-order valence-electron chi connectivity index (χ1n) is 4.98. The van der Waals surface area contributed by atoms with Gasteiger partial charge in [0, 0.05) is 21.9 Å². The van der Waals surface area contributed by atoms with Crippen LogP contribution in [0.3, 0.4) is 0 Å². The Morgan fingerprint density at radius 3 is 2.88 bits per heavy atom. The van der Waals surface area contributed by atoms with Crippen molar-refractivity contribution >= 4 is 28.7 Å². The SMILES string of the molecule is Cc1ccc(Cl)cc1C(=O)Cc1cccs1. The number of hydrogen-bond acceptors (Lipinski definition) is 2. The number of benzene rings is 1. The number of carbonyl (C=O) groups excluding carboxylic acids is 1. The van der Waals surface area contributed by atoms with Gasteiger partial charge in [-0.25, -0.2) is 0 Å². The molecule has 0 radical (unpaired) electrons. The third-order valence-electron chi connectivity index (χ3n) is 2.41. The lowest BCUT2D eigenvalue weighted by molar-refractivity contribution is 0.0993. The minimum Gasteiger partial charge on any atom is -0.294 e. The minimum absolute atomic E-state index is 0.127. The van der Waals surface area contributed by atoms with Crippen LogP contribution >= 0.6 is 22.9 Å². The van der Waals surface area contributed by atoms with Crippen molar-refractivity contribution in [3.05, 3.63) is 56.7 Å². The van der Waals surface area contributed by atoms with E-state index >= 15 is 0 Å². The molecule has 16 heavy (non-hydrogen) atoms. The molecule has 0 saturated carbocycles. The van der Waals surface area contributed by atoms with E-state index in [1.165, 1.54) is 0 Å². The van der Waals surface area contributed by atoms with Crippen LogP contribution in [0.25, 0.3) is 0 Å². The van der Waals surface area contributed by atoms with Crippen molar-refractivity contribution in [3.8, 4) is 0 Å². The highest BCUT2D eigenvalue weighted by Gasteiger charge is 2.10. The van der Waals surface area contributed by atoms with E-state index in [9.17, 15) is 4.79 Å². The van der Waals surface area contributed by atoms with Crippen LogP contribution in [0, 0.1) is 6.92 Å². The first kappa shape index (κ1) is 11.4. The number of thiophene rings is 1. The summed E-state index contributed by atoms with van der Waals surface area (Å²) in [6.45, 7) is 1.93. The van der Waals surface area contributed by atoms with Gasteiger partial charge in [0.1, 0.15) is 0 Å². The quantitative estimate of drug-likeness (QED) is 0.749. The molecule has 2 rings (SSSR count). The second kappa shape index (κ2) is 4.81. The smallest absolute Gasteiger partial charge is 0.168 e. The lowest BCUT2D eigenvalue weighted by Crippen LogP contribution is -2.04. The highest BCUT2D eigenvalue weighted by Crippen LogP contribution is 2.19. The monoisotopic (exact) mass is 250 g/mol. The first-order valence-corrected chi connectivity index (χ1v) is 6.24. The van der Waals surface area contributed by atoms with E-state index in [4.69, 9.17) is 11.6 Å². The third kappa shape index (κ3) is 2.52. The van der Waals surface area contributed by atoms with Crippen molar-refractivity contribution in [3.63, 3.8) is 0 Å². The van der Waals surface area contributed by atoms with Gasteiger partial charge in [-0.15, -0.1) is 11.3 Å². The Kier molecular flexibility index (Phi) is 3.42. The van der Waals surface area contributed by atoms with Gasteiger partial charge in [-0.3, -0.25) is 4.79 Å². The van der Waals surface area contributed by atoms with Crippen LogP contribution in [0.1, 0.15) is 20.8 Å². The van der Waals surface area contributed by atoms with Gasteiger partial charge in [0.05, 0.1) is 0 Å². The van der Waals surface area contributed by atoms with Crippen molar-refractivity contribution < 1.29 is 4.79 Å². The molecular weight excluding hydrogens is 240 g/mol. The molecule has 0 aliphatic rings. The van der Waals surface area contributed by atoms with E-state index < -0.39 is 0 Å². The fourth-order valence-corrected chi connectivity index (χ4v) is 2.44. The van der Waals surface area contributed by atoms with Gasteiger partial charge in [0.15, 0.2) is 5.78 Å². The fraction of sp³-hybridized carbons (Fsp3) is 0.154. The van der Waals surface area contributed by atoms with Gasteiger partial charge in [0.25, 0.3) is 0 Å². The standard InChI is InChI=1S/C13H11ClOS/c1-9-4-5-10(14)7-12(9)13(15)8-11-3-2-6-16-11/h2-7H,8H2,1H3. The van der Waals surface area contributed by atoms with Crippen molar-refractivity contribution in [1.29, 1.82) is 0 Å². The predicted octanol–water partition coefficient (Wildman–Crippen LogP) is 4.14. The van der Waals surface area contributed by atoms with Gasteiger partial charge in [-0.2, -0.15) is 0 Å². The summed E-state index contributed by atoms with van der Waals surface area (Å²) in [5.74, 6) is 0.127. The molecule has 0 atom stereocenters. The van der Waals surface area contributed by atoms with Crippen LogP contribution in [0.2, 0.25) is 5.02 Å². The number of halogens is 1. The molecular formula is C13H11ClOS. The second-order valence-corrected chi connectivity index (χ2v) is 5.11. The lowest BCUT2D eigenvalue weighted by Gasteiger charge is -2.04. The van der Waals surface area contributed by atoms with Crippen LogP contribution in [0.5, 0.6) is 0 Å². The molecule has 0 saturated heterocycles. The number of ketones is 1. The minimum atomic E-state index is 0.127. The van der Waals surface area contributed by atoms with Gasteiger partial charge in [-0.05, 0) is 36.1 Å². The number of rotatable bonds is 3. The highest BCUT2D eigenvalue weighted by molar-refractivity contribution is 7.10. The Balaban J connectivity index is 2.24. The van der Waals surface area contributed by atoms with E-state index in [0.29, 0.717) is 11.4 Å². The summed E-state index contributed by atoms with van der Waals surface area (Å²) in [4.78, 5) is 13.1. The van der Waals surface area contributed by atoms with Crippen LogP contribution in [-0.4, -0.2) is 5.78 Å². The Morgan fingerprint density at radius 1 is 1.38 bits per heavy atom. The molecule has 0 bridgehead atoms. The highest BCUT2D eigenvalue weighted by atomic mass is 35.5. The molecule has 1 aromatic carbocycles. The van der Waals surface area contributed by atoms with Crippen molar-refractivity contribution in [2.45, 2.75) is 13.3 Å². The van der Waals surface area contributed by atoms with E-state index in [2.05, 4.69) is 0 Å². The Labute approximate surface area is 104 Å². The molecule has 0 unspecified atom stereocenters. The van der Waals surface area contributed by atoms with E-state index in [0.717, 1.165) is 16.0 Å². The predicted molar refractivity (Wildman–Crippen MR) is 68.5 cm³/mol. The molecule has 0 amide bonds. The second-order valence-electron chi connectivity index (χ2n) is 3.64. The summed E-state index contributed by atoms with van der Waals surface area (Å²) in [5.41, 5.74) is 1.70. The van der Waals surface area contributed by atoms with Crippen LogP contribution < -0.4 is 0 Å². The average molecular weight is 251 g/mol. The van der Waals surface area contributed by atoms with Crippen molar-refractivity contribution in [2.75, 3.05) is 0 Å². The Bertz CT molecular complexity index is 503. The molecule has 0 aliphatic heterocycles. The summed E-state index contributed by atoms with van der Waals surface area (Å²) < 4.78 is 0. The summed E-state index contributed by atoms with van der Waals surface area (Å²) in [6, 6.07) is 9.36. The van der Waals surface area contributed by atoms with Gasteiger partial charge < -0.3 is 0 Å². The number of carbonyl (C=O) groups is 1. The van der Waals surface area contributed by atoms with E-state index in [1.807, 2.05) is 30.5 Å². The third-order valence-corrected chi connectivity index (χ3v) is 3.53. The largest absolute Gasteiger partial charge is 0.294 e. The topological polar surface area (TPSA) is 17.1 Å². The normalized spacial score (nSPS) is 10.4. The van der Waals surface area contributed by atoms with Crippen molar-refractivity contribution in [2.24, 2.45) is 0 Å². The zero-order valence-electron chi connectivity index (χ0n) is 8.87. The van der Waals surface area contributed by atoms with Gasteiger partial charge >= 0.3 is 0 Å². The van der Waals surface area contributed by atoms with E-state index in [-0.39, 0.29) is 5.78 Å². The zero-order chi connectivity index (χ0) is 11.5. The fourth-order valence-electron chi connectivity index (χ4n) is 1.56. The summed E-state index contributed by atoms with van der Waals surface area (Å²) in [5, 5.41) is 2.59. The summed E-state index contributed by atoms with van der Waals surface area (Å²) >= 11 is 7.50. The molecule has 0 aliphatic carbocycles. The van der Waals surface area contributed by atoms with Crippen LogP contribution in [0.4, 0.5) is 0 Å². The lowest BCUT2D eigenvalue weighted by atomic mass is 10.0. The maximum atomic E-state index is 12.0. The summed E-state index contributed by atoms with van der Waals surface area (Å²) in [7, 11) is 0. The molecule has 3 heteroatoms. The number of Topliss-reactive ketones (excluding diaryl/α,β-unsaturated/α-hetero) is 1. The van der Waals surface area contributed by atoms with E-state index in [1.54, 1.807) is 23.5 Å². The number of hydrogen-bond donors (Lipinski definition) is 0. The van der Waals surface area contributed by atoms with Gasteiger partial charge in [0.2, 0.25) is 0 Å². The molecule has 1 nitrogen and oxygen atoms in total. The van der Waals surface area contributed by atoms with Gasteiger partial charge in [-0.1, -0.05) is 23.7 Å². The molecule has 1 heterocycles. The first-order chi connectivity index (χ1) is 7.66. The molecule has 0 fully saturated rings. The maximum absolute atomic E-state index is 12.0.